The molecular formula is C30H33N3O4S. The molecule has 1 amide bonds. The van der Waals surface area contributed by atoms with E-state index in [1.807, 2.05) is 48.5 Å². The zero-order chi connectivity index (χ0) is 26.7. The van der Waals surface area contributed by atoms with Crippen LogP contribution in [0.5, 0.6) is 0 Å². The molecule has 0 bridgehead atoms. The van der Waals surface area contributed by atoms with Crippen LogP contribution in [0.2, 0.25) is 0 Å². The summed E-state index contributed by atoms with van der Waals surface area (Å²) in [6.45, 7) is 4.59. The maximum absolute atomic E-state index is 13.3. The van der Waals surface area contributed by atoms with Gasteiger partial charge in [-0.3, -0.25) is 19.4 Å². The minimum atomic E-state index is -3.73. The van der Waals surface area contributed by atoms with E-state index < -0.39 is 21.7 Å². The first-order chi connectivity index (χ1) is 18.3. The van der Waals surface area contributed by atoms with Gasteiger partial charge in [-0.15, -0.1) is 0 Å². The van der Waals surface area contributed by atoms with Crippen LogP contribution < -0.4 is 4.90 Å². The highest BCUT2D eigenvalue weighted by Gasteiger charge is 2.38. The number of hydrogen-bond donors (Lipinski definition) is 0. The van der Waals surface area contributed by atoms with Crippen molar-refractivity contribution in [1.29, 1.82) is 0 Å². The van der Waals surface area contributed by atoms with E-state index >= 15 is 0 Å². The predicted molar refractivity (Wildman–Crippen MR) is 147 cm³/mol. The molecule has 8 heteroatoms. The van der Waals surface area contributed by atoms with E-state index in [1.165, 1.54) is 26.9 Å². The number of carbonyl (C=O) groups is 2. The lowest BCUT2D eigenvalue weighted by molar-refractivity contribution is -0.114. The van der Waals surface area contributed by atoms with Gasteiger partial charge in [-0.05, 0) is 54.5 Å². The Morgan fingerprint density at radius 1 is 0.868 bits per heavy atom. The molecule has 7 nitrogen and oxygen atoms in total. The molecule has 38 heavy (non-hydrogen) atoms. The van der Waals surface area contributed by atoms with Crippen LogP contribution in [0.3, 0.4) is 0 Å². The lowest BCUT2D eigenvalue weighted by Gasteiger charge is -2.30. The van der Waals surface area contributed by atoms with Gasteiger partial charge >= 0.3 is 5.91 Å². The Kier molecular flexibility index (Phi) is 7.74. The molecule has 0 N–H and O–H groups in total. The van der Waals surface area contributed by atoms with Gasteiger partial charge in [0.2, 0.25) is 10.0 Å². The van der Waals surface area contributed by atoms with Gasteiger partial charge in [0, 0.05) is 26.2 Å². The van der Waals surface area contributed by atoms with E-state index in [4.69, 9.17) is 0 Å². The number of sulfonamides is 1. The molecule has 1 fully saturated rings. The van der Waals surface area contributed by atoms with Crippen LogP contribution in [0.1, 0.15) is 41.3 Å². The van der Waals surface area contributed by atoms with Crippen molar-refractivity contribution in [2.75, 3.05) is 31.2 Å². The molecular weight excluding hydrogens is 498 g/mol. The van der Waals surface area contributed by atoms with Crippen molar-refractivity contribution < 1.29 is 18.0 Å². The number of benzene rings is 3. The van der Waals surface area contributed by atoms with Gasteiger partial charge in [0.1, 0.15) is 0 Å². The summed E-state index contributed by atoms with van der Waals surface area (Å²) >= 11 is 0. The first-order valence-electron chi connectivity index (χ1n) is 13.1. The summed E-state index contributed by atoms with van der Waals surface area (Å²) in [5.41, 5.74) is 2.92. The van der Waals surface area contributed by atoms with Gasteiger partial charge in [-0.2, -0.15) is 4.31 Å². The van der Waals surface area contributed by atoms with Gasteiger partial charge < -0.3 is 0 Å². The van der Waals surface area contributed by atoms with Crippen molar-refractivity contribution in [3.05, 3.63) is 95.6 Å². The maximum atomic E-state index is 13.3. The summed E-state index contributed by atoms with van der Waals surface area (Å²) in [5, 5.41) is 0. The van der Waals surface area contributed by atoms with E-state index in [0.29, 0.717) is 37.8 Å². The van der Waals surface area contributed by atoms with Gasteiger partial charge in [-0.25, -0.2) is 8.42 Å². The Hall–Kier alpha value is -3.33. The highest BCUT2D eigenvalue weighted by atomic mass is 32.2. The second kappa shape index (κ2) is 11.2. The summed E-state index contributed by atoms with van der Waals surface area (Å²) in [7, 11) is -3.73. The van der Waals surface area contributed by atoms with Crippen molar-refractivity contribution in [2.45, 2.75) is 37.6 Å². The highest BCUT2D eigenvalue weighted by molar-refractivity contribution is 7.89. The molecule has 0 aromatic heterocycles. The van der Waals surface area contributed by atoms with E-state index in [9.17, 15) is 18.0 Å². The summed E-state index contributed by atoms with van der Waals surface area (Å²) in [4.78, 5) is 29.8. The van der Waals surface area contributed by atoms with Crippen LogP contribution >= 0.6 is 0 Å². The van der Waals surface area contributed by atoms with Gasteiger partial charge in [0.15, 0.2) is 0 Å². The monoisotopic (exact) mass is 531 g/mol. The predicted octanol–water partition coefficient (Wildman–Crippen LogP) is 4.34. The average molecular weight is 532 g/mol. The molecule has 2 aliphatic heterocycles. The molecule has 3 aromatic rings. The second-order valence-corrected chi connectivity index (χ2v) is 12.2. The summed E-state index contributed by atoms with van der Waals surface area (Å²) in [6, 6.07) is 24.7. The number of piperidine rings is 1. The largest absolute Gasteiger partial charge is 0.300 e. The minimum absolute atomic E-state index is 0.0685. The maximum Gasteiger partial charge on any atom is 0.300 e. The quantitative estimate of drug-likeness (QED) is 0.384. The number of Topliss-reactive ketones (excluding diaryl/α,β-unsaturated/α-hetero) is 1. The minimum Gasteiger partial charge on any atom is -0.291 e. The van der Waals surface area contributed by atoms with Crippen molar-refractivity contribution in [3.8, 4) is 0 Å². The van der Waals surface area contributed by atoms with E-state index in [-0.39, 0.29) is 17.1 Å². The first-order valence-corrected chi connectivity index (χ1v) is 14.6. The Labute approximate surface area is 224 Å². The molecule has 0 aliphatic carbocycles. The fourth-order valence-electron chi connectivity index (χ4n) is 5.13. The zero-order valence-electron chi connectivity index (χ0n) is 21.6. The molecule has 1 saturated heterocycles. The molecule has 198 valence electrons. The van der Waals surface area contributed by atoms with Crippen molar-refractivity contribution in [1.82, 2.24) is 9.21 Å². The van der Waals surface area contributed by atoms with Crippen LogP contribution in [0.4, 0.5) is 5.69 Å². The average Bonchev–Trinajstić information content (AvgIpc) is 3.17. The van der Waals surface area contributed by atoms with Crippen molar-refractivity contribution >= 4 is 27.4 Å². The Bertz CT molecular complexity index is 1400. The molecule has 2 aliphatic rings. The summed E-state index contributed by atoms with van der Waals surface area (Å²) < 4.78 is 28.0. The Morgan fingerprint density at radius 2 is 1.50 bits per heavy atom. The normalized spacial score (nSPS) is 16.8. The summed E-state index contributed by atoms with van der Waals surface area (Å²) in [5.74, 6) is -0.791. The SMILES string of the molecule is CC1CCN(S(=O)(=O)c2ccc3c(c2)C(=O)C(=O)N3CN(CCc2ccccc2)Cc2ccccc2)CC1. The number of nitrogens with zero attached hydrogens (tertiary/aromatic N) is 3. The topological polar surface area (TPSA) is 78.0 Å². The third-order valence-electron chi connectivity index (χ3n) is 7.47. The van der Waals surface area contributed by atoms with Gasteiger partial charge in [0.05, 0.1) is 22.8 Å². The zero-order valence-corrected chi connectivity index (χ0v) is 22.4. The van der Waals surface area contributed by atoms with Crippen molar-refractivity contribution in [2.24, 2.45) is 5.92 Å². The number of carbonyl (C=O) groups excluding carboxylic acids is 2. The molecule has 0 atom stereocenters. The Balaban J connectivity index is 1.38. The van der Waals surface area contributed by atoms with E-state index in [0.717, 1.165) is 24.8 Å². The first kappa shape index (κ1) is 26.3. The van der Waals surface area contributed by atoms with Gasteiger partial charge in [0.25, 0.3) is 5.78 Å². The Morgan fingerprint density at radius 3 is 2.16 bits per heavy atom. The molecule has 3 aromatic carbocycles. The number of fused-ring (bicyclic) bond motifs is 1. The summed E-state index contributed by atoms with van der Waals surface area (Å²) in [6.07, 6.45) is 2.42. The molecule has 5 rings (SSSR count). The lowest BCUT2D eigenvalue weighted by Crippen LogP contribution is -2.41. The molecule has 0 saturated carbocycles. The van der Waals surface area contributed by atoms with E-state index in [2.05, 4.69) is 24.0 Å². The molecule has 0 spiro atoms. The standard InChI is InChI=1S/C30H33N3O4S/c1-23-14-18-32(19-15-23)38(36,37)26-12-13-28-27(20-26)29(34)30(35)33(28)22-31(21-25-10-6-3-7-11-25)17-16-24-8-4-2-5-9-24/h2-13,20,23H,14-19,21-22H2,1H3. The number of anilines is 1. The fourth-order valence-corrected chi connectivity index (χ4v) is 6.62. The molecule has 0 unspecified atom stereocenters. The van der Waals surface area contributed by atoms with Crippen molar-refractivity contribution in [3.63, 3.8) is 0 Å². The highest BCUT2D eigenvalue weighted by Crippen LogP contribution is 2.33. The lowest BCUT2D eigenvalue weighted by atomic mass is 10.0. The third kappa shape index (κ3) is 5.57. The van der Waals surface area contributed by atoms with Crippen LogP contribution in [-0.4, -0.2) is 55.6 Å². The van der Waals surface area contributed by atoms with Crippen LogP contribution in [0, 0.1) is 5.92 Å². The number of ketones is 1. The number of rotatable bonds is 9. The molecule has 2 heterocycles. The van der Waals surface area contributed by atoms with Crippen LogP contribution in [0.15, 0.2) is 83.8 Å². The van der Waals surface area contributed by atoms with Crippen LogP contribution in [0.25, 0.3) is 0 Å². The number of amides is 1. The number of hydrogen-bond acceptors (Lipinski definition) is 5. The molecule has 0 radical (unpaired) electrons. The van der Waals surface area contributed by atoms with Crippen LogP contribution in [-0.2, 0) is 27.8 Å². The third-order valence-corrected chi connectivity index (χ3v) is 9.37. The van der Waals surface area contributed by atoms with Gasteiger partial charge in [-0.1, -0.05) is 67.6 Å². The van der Waals surface area contributed by atoms with E-state index in [1.54, 1.807) is 6.07 Å². The fraction of sp³-hybridized carbons (Fsp3) is 0.333. The smallest absolute Gasteiger partial charge is 0.291 e. The second-order valence-electron chi connectivity index (χ2n) is 10.2.